The molecule has 18 heavy (non-hydrogen) atoms. The van der Waals surface area contributed by atoms with Crippen molar-refractivity contribution in [3.05, 3.63) is 28.8 Å². The number of ether oxygens (including phenoxy) is 1. The maximum absolute atomic E-state index is 11.6. The predicted octanol–water partition coefficient (Wildman–Crippen LogP) is 2.51. The Morgan fingerprint density at radius 2 is 2.33 bits per heavy atom. The Morgan fingerprint density at radius 3 is 2.94 bits per heavy atom. The number of carbonyl (C=O) groups excluding carboxylic acids is 1. The van der Waals surface area contributed by atoms with Gasteiger partial charge in [-0.3, -0.25) is 4.79 Å². The minimum Gasteiger partial charge on any atom is -0.479 e. The van der Waals surface area contributed by atoms with Gasteiger partial charge in [0.25, 0.3) is 5.91 Å². The molecule has 1 aromatic carbocycles. The predicted molar refractivity (Wildman–Crippen MR) is 69.6 cm³/mol. The zero-order valence-corrected chi connectivity index (χ0v) is 11.1. The van der Waals surface area contributed by atoms with Gasteiger partial charge in [0.2, 0.25) is 0 Å². The van der Waals surface area contributed by atoms with Crippen molar-refractivity contribution in [1.82, 2.24) is 5.32 Å². The van der Waals surface area contributed by atoms with Crippen LogP contribution in [0.3, 0.4) is 0 Å². The average Bonchev–Trinajstić information content (AvgIpc) is 2.36. The zero-order valence-electron chi connectivity index (χ0n) is 10.4. The molecule has 0 aromatic heterocycles. The van der Waals surface area contributed by atoms with E-state index in [1.165, 1.54) is 6.07 Å². The van der Waals surface area contributed by atoms with E-state index < -0.39 is 6.10 Å². The molecule has 0 aliphatic heterocycles. The molecule has 1 atom stereocenters. The van der Waals surface area contributed by atoms with Gasteiger partial charge in [-0.05, 0) is 25.5 Å². The van der Waals surface area contributed by atoms with Gasteiger partial charge in [-0.2, -0.15) is 5.26 Å². The number of halogens is 1. The second-order valence-corrected chi connectivity index (χ2v) is 4.24. The second kappa shape index (κ2) is 6.87. The van der Waals surface area contributed by atoms with E-state index in [0.29, 0.717) is 22.9 Å². The van der Waals surface area contributed by atoms with Gasteiger partial charge in [-0.1, -0.05) is 18.5 Å². The van der Waals surface area contributed by atoms with Gasteiger partial charge in [0, 0.05) is 17.6 Å². The molecule has 5 heteroatoms. The van der Waals surface area contributed by atoms with Gasteiger partial charge >= 0.3 is 0 Å². The molecule has 96 valence electrons. The van der Waals surface area contributed by atoms with Crippen molar-refractivity contribution < 1.29 is 9.53 Å². The van der Waals surface area contributed by atoms with Crippen LogP contribution in [0.25, 0.3) is 0 Å². The van der Waals surface area contributed by atoms with E-state index in [4.69, 9.17) is 21.6 Å². The second-order valence-electron chi connectivity index (χ2n) is 3.80. The molecular weight excluding hydrogens is 252 g/mol. The number of hydrogen-bond acceptors (Lipinski definition) is 3. The molecule has 1 N–H and O–H groups in total. The standard InChI is InChI=1S/C13H15ClN2O2/c1-3-6-16-13(17)9(2)18-12-7-11(14)5-4-10(12)8-15/h4-5,7,9H,3,6H2,1-2H3,(H,16,17). The SMILES string of the molecule is CCCNC(=O)C(C)Oc1cc(Cl)ccc1C#N. The normalized spacial score (nSPS) is 11.4. The first kappa shape index (κ1) is 14.3. The first-order valence-electron chi connectivity index (χ1n) is 5.72. The van der Waals surface area contributed by atoms with Crippen molar-refractivity contribution in [3.63, 3.8) is 0 Å². The molecule has 4 nitrogen and oxygen atoms in total. The molecule has 0 saturated heterocycles. The van der Waals surface area contributed by atoms with Crippen LogP contribution in [0.4, 0.5) is 0 Å². The largest absolute Gasteiger partial charge is 0.479 e. The molecule has 1 amide bonds. The van der Waals surface area contributed by atoms with E-state index in [1.807, 2.05) is 13.0 Å². The fourth-order valence-electron chi connectivity index (χ4n) is 1.32. The highest BCUT2D eigenvalue weighted by Crippen LogP contribution is 2.23. The minimum absolute atomic E-state index is 0.208. The molecular formula is C13H15ClN2O2. The highest BCUT2D eigenvalue weighted by molar-refractivity contribution is 6.30. The van der Waals surface area contributed by atoms with Crippen molar-refractivity contribution in [2.45, 2.75) is 26.4 Å². The van der Waals surface area contributed by atoms with Crippen LogP contribution in [0.15, 0.2) is 18.2 Å². The smallest absolute Gasteiger partial charge is 0.260 e. The van der Waals surface area contributed by atoms with Crippen LogP contribution >= 0.6 is 11.6 Å². The lowest BCUT2D eigenvalue weighted by Gasteiger charge is -2.15. The van der Waals surface area contributed by atoms with Crippen molar-refractivity contribution in [2.75, 3.05) is 6.54 Å². The number of hydrogen-bond donors (Lipinski definition) is 1. The Balaban J connectivity index is 2.75. The molecule has 0 aliphatic carbocycles. The molecule has 0 heterocycles. The minimum atomic E-state index is -0.665. The Bertz CT molecular complexity index is 469. The van der Waals surface area contributed by atoms with Crippen LogP contribution < -0.4 is 10.1 Å². The fraction of sp³-hybridized carbons (Fsp3) is 0.385. The van der Waals surface area contributed by atoms with E-state index in [-0.39, 0.29) is 5.91 Å². The first-order chi connectivity index (χ1) is 8.58. The number of nitrogens with one attached hydrogen (secondary N) is 1. The van der Waals surface area contributed by atoms with Crippen molar-refractivity contribution in [2.24, 2.45) is 0 Å². The molecule has 0 fully saturated rings. The zero-order chi connectivity index (χ0) is 13.5. The lowest BCUT2D eigenvalue weighted by molar-refractivity contribution is -0.127. The van der Waals surface area contributed by atoms with E-state index in [0.717, 1.165) is 6.42 Å². The third-order valence-electron chi connectivity index (χ3n) is 2.29. The number of nitrogens with zero attached hydrogens (tertiary/aromatic N) is 1. The van der Waals surface area contributed by atoms with Gasteiger partial charge in [-0.25, -0.2) is 0 Å². The highest BCUT2D eigenvalue weighted by atomic mass is 35.5. The van der Waals surface area contributed by atoms with Gasteiger partial charge in [-0.15, -0.1) is 0 Å². The molecule has 1 rings (SSSR count). The summed E-state index contributed by atoms with van der Waals surface area (Å²) in [6, 6.07) is 6.70. The van der Waals surface area contributed by atoms with Crippen LogP contribution in [-0.2, 0) is 4.79 Å². The number of amides is 1. The average molecular weight is 267 g/mol. The van der Waals surface area contributed by atoms with Gasteiger partial charge in [0.05, 0.1) is 5.56 Å². The number of benzene rings is 1. The lowest BCUT2D eigenvalue weighted by Crippen LogP contribution is -2.36. The molecule has 0 saturated carbocycles. The summed E-state index contributed by atoms with van der Waals surface area (Å²) < 4.78 is 5.46. The molecule has 0 spiro atoms. The molecule has 0 bridgehead atoms. The summed E-state index contributed by atoms with van der Waals surface area (Å²) in [5, 5.41) is 12.1. The van der Waals surface area contributed by atoms with Crippen LogP contribution in [0, 0.1) is 11.3 Å². The van der Waals surface area contributed by atoms with Crippen LogP contribution in [0.2, 0.25) is 5.02 Å². The van der Waals surface area contributed by atoms with E-state index in [2.05, 4.69) is 5.32 Å². The summed E-state index contributed by atoms with van der Waals surface area (Å²) in [6.45, 7) is 4.21. The van der Waals surface area contributed by atoms with Crippen molar-refractivity contribution >= 4 is 17.5 Å². The molecule has 0 aliphatic rings. The Kier molecular flexibility index (Phi) is 5.47. The Labute approximate surface area is 112 Å². The van der Waals surface area contributed by atoms with Crippen LogP contribution in [-0.4, -0.2) is 18.6 Å². The molecule has 1 unspecified atom stereocenters. The third-order valence-corrected chi connectivity index (χ3v) is 2.52. The summed E-state index contributed by atoms with van der Waals surface area (Å²) in [6.07, 6.45) is 0.195. The summed E-state index contributed by atoms with van der Waals surface area (Å²) in [5.41, 5.74) is 0.356. The maximum atomic E-state index is 11.6. The topological polar surface area (TPSA) is 62.1 Å². The van der Waals surface area contributed by atoms with Gasteiger partial charge in [0.15, 0.2) is 6.10 Å². The summed E-state index contributed by atoms with van der Waals surface area (Å²) in [5.74, 6) is 0.116. The van der Waals surface area contributed by atoms with E-state index in [1.54, 1.807) is 19.1 Å². The summed E-state index contributed by atoms with van der Waals surface area (Å²) >= 11 is 5.83. The summed E-state index contributed by atoms with van der Waals surface area (Å²) in [4.78, 5) is 11.6. The number of rotatable bonds is 5. The van der Waals surface area contributed by atoms with Crippen LogP contribution in [0.5, 0.6) is 5.75 Å². The van der Waals surface area contributed by atoms with Crippen molar-refractivity contribution in [3.8, 4) is 11.8 Å². The lowest BCUT2D eigenvalue weighted by atomic mass is 10.2. The van der Waals surface area contributed by atoms with Gasteiger partial charge < -0.3 is 10.1 Å². The fourth-order valence-corrected chi connectivity index (χ4v) is 1.48. The molecule has 0 radical (unpaired) electrons. The number of nitriles is 1. The first-order valence-corrected chi connectivity index (χ1v) is 6.10. The van der Waals surface area contributed by atoms with Gasteiger partial charge in [0.1, 0.15) is 11.8 Å². The van der Waals surface area contributed by atoms with E-state index in [9.17, 15) is 4.79 Å². The molecule has 1 aromatic rings. The maximum Gasteiger partial charge on any atom is 0.260 e. The van der Waals surface area contributed by atoms with Crippen molar-refractivity contribution in [1.29, 1.82) is 5.26 Å². The van der Waals surface area contributed by atoms with E-state index >= 15 is 0 Å². The monoisotopic (exact) mass is 266 g/mol. The number of carbonyl (C=O) groups is 1. The Morgan fingerprint density at radius 1 is 1.61 bits per heavy atom. The Hall–Kier alpha value is -1.73. The quantitative estimate of drug-likeness (QED) is 0.891. The highest BCUT2D eigenvalue weighted by Gasteiger charge is 2.16. The third kappa shape index (κ3) is 3.94. The summed E-state index contributed by atoms with van der Waals surface area (Å²) in [7, 11) is 0. The van der Waals surface area contributed by atoms with Crippen LogP contribution in [0.1, 0.15) is 25.8 Å².